The number of amides is 1. The summed E-state index contributed by atoms with van der Waals surface area (Å²) in [4.78, 5) is 23.4. The molecule has 0 radical (unpaired) electrons. The molecule has 0 saturated heterocycles. The lowest BCUT2D eigenvalue weighted by Gasteiger charge is -2.02. The zero-order valence-electron chi connectivity index (χ0n) is 11.0. The van der Waals surface area contributed by atoms with Gasteiger partial charge in [-0.1, -0.05) is 12.1 Å². The minimum absolute atomic E-state index is 0.269. The number of aromatic nitrogens is 3. The van der Waals surface area contributed by atoms with Crippen LogP contribution in [-0.2, 0) is 6.54 Å². The molecule has 102 valence electrons. The second kappa shape index (κ2) is 5.43. The molecular weight excluding hydrogens is 266 g/mol. The van der Waals surface area contributed by atoms with E-state index in [4.69, 9.17) is 5.26 Å². The van der Waals surface area contributed by atoms with Crippen LogP contribution < -0.4 is 5.32 Å². The molecule has 6 nitrogen and oxygen atoms in total. The number of carbonyl (C=O) groups excluding carboxylic acids is 1. The number of H-pyrrole nitrogens is 1. The number of fused-ring (bicyclic) bond motifs is 1. The Bertz CT molecular complexity index is 796. The van der Waals surface area contributed by atoms with Crippen molar-refractivity contribution in [2.24, 2.45) is 0 Å². The summed E-state index contributed by atoms with van der Waals surface area (Å²) in [6.07, 6.45) is 1.37. The van der Waals surface area contributed by atoms with E-state index in [2.05, 4.69) is 20.3 Å². The number of nitrogens with zero attached hydrogens (tertiary/aromatic N) is 3. The number of para-hydroxylation sites is 2. The van der Waals surface area contributed by atoms with Crippen molar-refractivity contribution in [1.82, 2.24) is 20.3 Å². The summed E-state index contributed by atoms with van der Waals surface area (Å²) in [6, 6.07) is 12.7. The molecule has 0 aliphatic carbocycles. The first-order valence-electron chi connectivity index (χ1n) is 6.34. The van der Waals surface area contributed by atoms with Crippen molar-refractivity contribution in [2.75, 3.05) is 0 Å². The lowest BCUT2D eigenvalue weighted by atomic mass is 10.2. The molecule has 0 unspecified atom stereocenters. The van der Waals surface area contributed by atoms with E-state index >= 15 is 0 Å². The van der Waals surface area contributed by atoms with Crippen LogP contribution in [0, 0.1) is 11.3 Å². The van der Waals surface area contributed by atoms with Gasteiger partial charge in [-0.15, -0.1) is 0 Å². The van der Waals surface area contributed by atoms with Crippen LogP contribution in [0.15, 0.2) is 42.6 Å². The highest BCUT2D eigenvalue weighted by atomic mass is 16.1. The van der Waals surface area contributed by atoms with Crippen LogP contribution in [0.5, 0.6) is 0 Å². The third-order valence-electron chi connectivity index (χ3n) is 2.98. The minimum Gasteiger partial charge on any atom is -0.343 e. The molecule has 0 bridgehead atoms. The van der Waals surface area contributed by atoms with Crippen LogP contribution in [-0.4, -0.2) is 20.9 Å². The SMILES string of the molecule is N#Cc1ccc(C(=O)NCc2nc3ccccc3[nH]2)nc1. The van der Waals surface area contributed by atoms with Crippen molar-refractivity contribution in [3.63, 3.8) is 0 Å². The minimum atomic E-state index is -0.306. The van der Waals surface area contributed by atoms with Gasteiger partial charge in [-0.05, 0) is 24.3 Å². The molecule has 3 aromatic rings. The Morgan fingerprint density at radius 3 is 2.86 bits per heavy atom. The zero-order chi connectivity index (χ0) is 14.7. The van der Waals surface area contributed by atoms with Gasteiger partial charge in [0.2, 0.25) is 0 Å². The fraction of sp³-hybridized carbons (Fsp3) is 0.0667. The first-order valence-corrected chi connectivity index (χ1v) is 6.34. The fourth-order valence-electron chi connectivity index (χ4n) is 1.94. The predicted molar refractivity (Wildman–Crippen MR) is 76.2 cm³/mol. The second-order valence-electron chi connectivity index (χ2n) is 4.43. The van der Waals surface area contributed by atoms with Crippen molar-refractivity contribution in [1.29, 1.82) is 5.26 Å². The number of imidazole rings is 1. The zero-order valence-corrected chi connectivity index (χ0v) is 11.0. The van der Waals surface area contributed by atoms with Crippen molar-refractivity contribution in [3.05, 3.63) is 59.7 Å². The molecule has 6 heteroatoms. The molecule has 1 aromatic carbocycles. The van der Waals surface area contributed by atoms with Crippen molar-refractivity contribution < 1.29 is 4.79 Å². The van der Waals surface area contributed by atoms with Crippen LogP contribution in [0.2, 0.25) is 0 Å². The summed E-state index contributed by atoms with van der Waals surface area (Å²) in [5.74, 6) is 0.373. The number of nitrogens with one attached hydrogen (secondary N) is 2. The Kier molecular flexibility index (Phi) is 3.31. The maximum Gasteiger partial charge on any atom is 0.270 e. The number of hydrogen-bond donors (Lipinski definition) is 2. The molecule has 1 amide bonds. The number of hydrogen-bond acceptors (Lipinski definition) is 4. The van der Waals surface area contributed by atoms with Crippen LogP contribution >= 0.6 is 0 Å². The summed E-state index contributed by atoms with van der Waals surface area (Å²) in [5, 5.41) is 11.4. The Hall–Kier alpha value is -3.20. The maximum atomic E-state index is 11.9. The molecule has 0 aliphatic heterocycles. The third kappa shape index (κ3) is 2.72. The first-order chi connectivity index (χ1) is 10.3. The molecular formula is C15H11N5O. The van der Waals surface area contributed by atoms with Crippen LogP contribution in [0.3, 0.4) is 0 Å². The summed E-state index contributed by atoms with van der Waals surface area (Å²) in [6.45, 7) is 0.287. The second-order valence-corrected chi connectivity index (χ2v) is 4.43. The summed E-state index contributed by atoms with van der Waals surface area (Å²) >= 11 is 0. The van der Waals surface area contributed by atoms with Crippen LogP contribution in [0.4, 0.5) is 0 Å². The topological polar surface area (TPSA) is 94.5 Å². The van der Waals surface area contributed by atoms with E-state index < -0.39 is 0 Å². The van der Waals surface area contributed by atoms with Gasteiger partial charge < -0.3 is 10.3 Å². The molecule has 0 fully saturated rings. The van der Waals surface area contributed by atoms with Crippen molar-refractivity contribution >= 4 is 16.9 Å². The largest absolute Gasteiger partial charge is 0.343 e. The lowest BCUT2D eigenvalue weighted by molar-refractivity contribution is 0.0945. The average molecular weight is 277 g/mol. The van der Waals surface area contributed by atoms with Crippen molar-refractivity contribution in [2.45, 2.75) is 6.54 Å². The van der Waals surface area contributed by atoms with Gasteiger partial charge in [0, 0.05) is 6.20 Å². The van der Waals surface area contributed by atoms with Crippen LogP contribution in [0.1, 0.15) is 21.9 Å². The van der Waals surface area contributed by atoms with E-state index in [0.717, 1.165) is 11.0 Å². The molecule has 21 heavy (non-hydrogen) atoms. The van der Waals surface area contributed by atoms with E-state index in [9.17, 15) is 4.79 Å². The average Bonchev–Trinajstić information content (AvgIpc) is 2.95. The van der Waals surface area contributed by atoms with Crippen LogP contribution in [0.25, 0.3) is 11.0 Å². The van der Waals surface area contributed by atoms with Gasteiger partial charge in [0.1, 0.15) is 17.6 Å². The molecule has 2 aromatic heterocycles. The standard InChI is InChI=1S/C15H11N5O/c16-7-10-5-6-13(17-8-10)15(21)18-9-14-19-11-3-1-2-4-12(11)20-14/h1-6,8H,9H2,(H,18,21)(H,19,20). The number of rotatable bonds is 3. The molecule has 0 aliphatic rings. The molecule has 0 saturated carbocycles. The van der Waals surface area contributed by atoms with E-state index in [0.29, 0.717) is 11.4 Å². The van der Waals surface area contributed by atoms with Gasteiger partial charge in [-0.2, -0.15) is 5.26 Å². The van der Waals surface area contributed by atoms with Gasteiger partial charge in [-0.3, -0.25) is 4.79 Å². The van der Waals surface area contributed by atoms with E-state index in [1.165, 1.54) is 12.3 Å². The number of nitriles is 1. The highest BCUT2D eigenvalue weighted by Crippen LogP contribution is 2.10. The fourth-order valence-corrected chi connectivity index (χ4v) is 1.94. The maximum absolute atomic E-state index is 11.9. The molecule has 3 rings (SSSR count). The number of carbonyl (C=O) groups is 1. The predicted octanol–water partition coefficient (Wildman–Crippen LogP) is 1.76. The number of aromatic amines is 1. The Balaban J connectivity index is 1.68. The Labute approximate surface area is 120 Å². The van der Waals surface area contributed by atoms with Gasteiger partial charge in [-0.25, -0.2) is 9.97 Å². The van der Waals surface area contributed by atoms with Gasteiger partial charge in [0.05, 0.1) is 23.1 Å². The first kappa shape index (κ1) is 12.8. The van der Waals surface area contributed by atoms with E-state index in [1.807, 2.05) is 30.3 Å². The smallest absolute Gasteiger partial charge is 0.270 e. The van der Waals surface area contributed by atoms with Gasteiger partial charge >= 0.3 is 0 Å². The lowest BCUT2D eigenvalue weighted by Crippen LogP contribution is -2.24. The normalized spacial score (nSPS) is 10.2. The monoisotopic (exact) mass is 277 g/mol. The Morgan fingerprint density at radius 1 is 1.29 bits per heavy atom. The van der Waals surface area contributed by atoms with E-state index in [-0.39, 0.29) is 18.1 Å². The Morgan fingerprint density at radius 2 is 2.14 bits per heavy atom. The highest BCUT2D eigenvalue weighted by molar-refractivity contribution is 5.92. The summed E-state index contributed by atoms with van der Waals surface area (Å²) in [5.41, 5.74) is 2.48. The third-order valence-corrected chi connectivity index (χ3v) is 2.98. The number of pyridine rings is 1. The molecule has 0 spiro atoms. The summed E-state index contributed by atoms with van der Waals surface area (Å²) in [7, 11) is 0. The van der Waals surface area contributed by atoms with Gasteiger partial charge in [0.15, 0.2) is 0 Å². The molecule has 0 atom stereocenters. The van der Waals surface area contributed by atoms with Gasteiger partial charge in [0.25, 0.3) is 5.91 Å². The molecule has 2 N–H and O–H groups in total. The van der Waals surface area contributed by atoms with E-state index in [1.54, 1.807) is 6.07 Å². The summed E-state index contributed by atoms with van der Waals surface area (Å²) < 4.78 is 0. The molecule has 2 heterocycles. The number of benzene rings is 1. The highest BCUT2D eigenvalue weighted by Gasteiger charge is 2.08. The van der Waals surface area contributed by atoms with Crippen molar-refractivity contribution in [3.8, 4) is 6.07 Å². The quantitative estimate of drug-likeness (QED) is 0.762.